The monoisotopic (exact) mass is 134 g/mol. The van der Waals surface area contributed by atoms with Crippen LogP contribution in [0, 0.1) is 0 Å². The Kier molecular flexibility index (Phi) is 2.15. The highest BCUT2D eigenvalue weighted by molar-refractivity contribution is 5.40. The van der Waals surface area contributed by atoms with Gasteiger partial charge in [0.05, 0.1) is 5.69 Å². The fourth-order valence-electron chi connectivity index (χ4n) is 0.720. The molecule has 1 aromatic heterocycles. The summed E-state index contributed by atoms with van der Waals surface area (Å²) in [5.74, 6) is 0. The fraction of sp³-hybridized carbons (Fsp3) is 0.250. The molecule has 1 rings (SSSR count). The number of nitrogens with zero attached hydrogens (tertiary/aromatic N) is 2. The zero-order chi connectivity index (χ0) is 7.40. The van der Waals surface area contributed by atoms with Gasteiger partial charge in [0.25, 0.3) is 0 Å². The topological polar surface area (TPSA) is 25.8 Å². The summed E-state index contributed by atoms with van der Waals surface area (Å²) < 4.78 is 0. The molecular weight excluding hydrogens is 124 g/mol. The van der Waals surface area contributed by atoms with Crippen molar-refractivity contribution >= 4 is 6.08 Å². The molecule has 0 saturated heterocycles. The van der Waals surface area contributed by atoms with Crippen LogP contribution in [0.3, 0.4) is 0 Å². The number of hydrogen-bond donors (Lipinski definition) is 0. The molecule has 0 atom stereocenters. The molecule has 1 aromatic rings. The van der Waals surface area contributed by atoms with Gasteiger partial charge < -0.3 is 0 Å². The Bertz CT molecular complexity index is 230. The second-order valence-corrected chi connectivity index (χ2v) is 1.99. The summed E-state index contributed by atoms with van der Waals surface area (Å²) >= 11 is 0. The molecule has 10 heavy (non-hydrogen) atoms. The zero-order valence-corrected chi connectivity index (χ0v) is 6.04. The van der Waals surface area contributed by atoms with Crippen molar-refractivity contribution in [3.05, 3.63) is 30.4 Å². The fourth-order valence-corrected chi connectivity index (χ4v) is 0.720. The van der Waals surface area contributed by atoms with Crippen LogP contribution in [0.4, 0.5) is 0 Å². The summed E-state index contributed by atoms with van der Waals surface area (Å²) in [6.45, 7) is 5.68. The first-order valence-corrected chi connectivity index (χ1v) is 3.30. The van der Waals surface area contributed by atoms with E-state index in [0.717, 1.165) is 17.8 Å². The summed E-state index contributed by atoms with van der Waals surface area (Å²) in [6.07, 6.45) is 4.24. The molecule has 0 N–H and O–H groups in total. The molecule has 2 nitrogen and oxygen atoms in total. The van der Waals surface area contributed by atoms with Crippen molar-refractivity contribution in [1.82, 2.24) is 9.97 Å². The second-order valence-electron chi connectivity index (χ2n) is 1.99. The van der Waals surface area contributed by atoms with E-state index in [2.05, 4.69) is 23.5 Å². The van der Waals surface area contributed by atoms with E-state index in [1.165, 1.54) is 0 Å². The summed E-state index contributed by atoms with van der Waals surface area (Å²) in [7, 11) is 0. The quantitative estimate of drug-likeness (QED) is 0.615. The number of rotatable bonds is 2. The van der Waals surface area contributed by atoms with E-state index in [4.69, 9.17) is 0 Å². The minimum Gasteiger partial charge on any atom is -0.241 e. The van der Waals surface area contributed by atoms with Crippen molar-refractivity contribution in [1.29, 1.82) is 0 Å². The van der Waals surface area contributed by atoms with E-state index in [1.807, 2.05) is 6.07 Å². The summed E-state index contributed by atoms with van der Waals surface area (Å²) in [5.41, 5.74) is 1.96. The number of aromatic nitrogens is 2. The van der Waals surface area contributed by atoms with Gasteiger partial charge >= 0.3 is 0 Å². The predicted molar refractivity (Wildman–Crippen MR) is 41.5 cm³/mol. The van der Waals surface area contributed by atoms with Crippen LogP contribution in [0.15, 0.2) is 19.0 Å². The molecule has 2 heteroatoms. The van der Waals surface area contributed by atoms with Crippen LogP contribution in [0.1, 0.15) is 18.3 Å². The van der Waals surface area contributed by atoms with Crippen molar-refractivity contribution < 1.29 is 0 Å². The Morgan fingerprint density at radius 2 is 2.40 bits per heavy atom. The standard InChI is InChI=1S/C8H10N2/c1-3-7-5-8(4-2)10-6-9-7/h3,5-6H,1,4H2,2H3. The summed E-state index contributed by atoms with van der Waals surface area (Å²) in [6, 6.07) is 1.94. The lowest BCUT2D eigenvalue weighted by Crippen LogP contribution is -1.89. The highest BCUT2D eigenvalue weighted by Crippen LogP contribution is 1.98. The lowest BCUT2D eigenvalue weighted by molar-refractivity contribution is 0.993. The number of hydrogen-bond acceptors (Lipinski definition) is 2. The molecule has 0 radical (unpaired) electrons. The average molecular weight is 134 g/mol. The molecule has 1 heterocycles. The van der Waals surface area contributed by atoms with Gasteiger partial charge in [0.1, 0.15) is 6.33 Å². The van der Waals surface area contributed by atoms with Gasteiger partial charge in [-0.3, -0.25) is 0 Å². The van der Waals surface area contributed by atoms with Crippen molar-refractivity contribution in [3.63, 3.8) is 0 Å². The van der Waals surface area contributed by atoms with E-state index in [0.29, 0.717) is 0 Å². The van der Waals surface area contributed by atoms with Gasteiger partial charge in [-0.1, -0.05) is 13.5 Å². The maximum absolute atomic E-state index is 4.05. The minimum absolute atomic E-state index is 0.895. The normalized spacial score (nSPS) is 9.30. The van der Waals surface area contributed by atoms with Gasteiger partial charge in [-0.25, -0.2) is 9.97 Å². The molecule has 0 amide bonds. The van der Waals surface area contributed by atoms with Gasteiger partial charge in [-0.05, 0) is 18.6 Å². The molecule has 0 fully saturated rings. The molecule has 52 valence electrons. The molecule has 0 saturated carbocycles. The van der Waals surface area contributed by atoms with Crippen molar-refractivity contribution in [2.75, 3.05) is 0 Å². The molecule has 0 unspecified atom stereocenters. The molecular formula is C8H10N2. The zero-order valence-electron chi connectivity index (χ0n) is 6.04. The third kappa shape index (κ3) is 1.41. The van der Waals surface area contributed by atoms with E-state index >= 15 is 0 Å². The Labute approximate surface area is 60.6 Å². The van der Waals surface area contributed by atoms with E-state index in [-0.39, 0.29) is 0 Å². The molecule has 0 bridgehead atoms. The van der Waals surface area contributed by atoms with Gasteiger partial charge in [-0.2, -0.15) is 0 Å². The van der Waals surface area contributed by atoms with Gasteiger partial charge in [0.2, 0.25) is 0 Å². The maximum atomic E-state index is 4.05. The van der Waals surface area contributed by atoms with Crippen LogP contribution < -0.4 is 0 Å². The smallest absolute Gasteiger partial charge is 0.116 e. The van der Waals surface area contributed by atoms with Crippen molar-refractivity contribution in [3.8, 4) is 0 Å². The van der Waals surface area contributed by atoms with Gasteiger partial charge in [-0.15, -0.1) is 0 Å². The van der Waals surface area contributed by atoms with Crippen LogP contribution in [0.5, 0.6) is 0 Å². The van der Waals surface area contributed by atoms with Crippen LogP contribution in [0.2, 0.25) is 0 Å². The Balaban J connectivity index is 2.98. The largest absolute Gasteiger partial charge is 0.241 e. The Hall–Kier alpha value is -1.18. The third-order valence-electron chi connectivity index (χ3n) is 1.32. The summed E-state index contributed by atoms with van der Waals surface area (Å²) in [4.78, 5) is 8.02. The highest BCUT2D eigenvalue weighted by Gasteiger charge is 1.90. The summed E-state index contributed by atoms with van der Waals surface area (Å²) in [5, 5.41) is 0. The highest BCUT2D eigenvalue weighted by atomic mass is 14.8. The minimum atomic E-state index is 0.895. The van der Waals surface area contributed by atoms with Crippen LogP contribution in [0.25, 0.3) is 6.08 Å². The average Bonchev–Trinajstić information content (AvgIpc) is 2.05. The molecule has 0 aliphatic rings. The maximum Gasteiger partial charge on any atom is 0.116 e. The van der Waals surface area contributed by atoms with Crippen molar-refractivity contribution in [2.45, 2.75) is 13.3 Å². The van der Waals surface area contributed by atoms with Crippen LogP contribution in [-0.2, 0) is 6.42 Å². The third-order valence-corrected chi connectivity index (χ3v) is 1.32. The predicted octanol–water partition coefficient (Wildman–Crippen LogP) is 1.68. The molecule has 0 aliphatic heterocycles. The molecule has 0 spiro atoms. The van der Waals surface area contributed by atoms with Crippen molar-refractivity contribution in [2.24, 2.45) is 0 Å². The SMILES string of the molecule is C=Cc1cc(CC)ncn1. The first-order valence-electron chi connectivity index (χ1n) is 3.30. The Morgan fingerprint density at radius 1 is 1.60 bits per heavy atom. The van der Waals surface area contributed by atoms with E-state index in [1.54, 1.807) is 12.4 Å². The van der Waals surface area contributed by atoms with Gasteiger partial charge in [0.15, 0.2) is 0 Å². The molecule has 0 aliphatic carbocycles. The van der Waals surface area contributed by atoms with E-state index < -0.39 is 0 Å². The first-order chi connectivity index (χ1) is 4.86. The Morgan fingerprint density at radius 3 is 3.00 bits per heavy atom. The first kappa shape index (κ1) is 6.93. The molecule has 0 aromatic carbocycles. The lowest BCUT2D eigenvalue weighted by atomic mass is 10.3. The van der Waals surface area contributed by atoms with Crippen LogP contribution in [-0.4, -0.2) is 9.97 Å². The van der Waals surface area contributed by atoms with Gasteiger partial charge in [0, 0.05) is 5.69 Å². The van der Waals surface area contributed by atoms with E-state index in [9.17, 15) is 0 Å². The number of aryl methyl sites for hydroxylation is 1. The van der Waals surface area contributed by atoms with Crippen LogP contribution >= 0.6 is 0 Å². The second kappa shape index (κ2) is 3.11. The lowest BCUT2D eigenvalue weighted by Gasteiger charge is -1.94.